The monoisotopic (exact) mass is 289 g/mol. The highest BCUT2D eigenvalue weighted by molar-refractivity contribution is 7.87. The van der Waals surface area contributed by atoms with Crippen molar-refractivity contribution in [2.75, 3.05) is 13.2 Å². The molecule has 0 aromatic rings. The second-order valence-electron chi connectivity index (χ2n) is 3.43. The number of hydrogen-bond acceptors (Lipinski definition) is 7. The van der Waals surface area contributed by atoms with E-state index in [1.165, 1.54) is 13.8 Å². The molecule has 0 unspecified atom stereocenters. The van der Waals surface area contributed by atoms with E-state index in [4.69, 9.17) is 0 Å². The highest BCUT2D eigenvalue weighted by Crippen LogP contribution is 2.21. The summed E-state index contributed by atoms with van der Waals surface area (Å²) in [6.45, 7) is 1.75. The number of carbonyl (C=O) groups excluding carboxylic acids is 2. The van der Waals surface area contributed by atoms with Crippen molar-refractivity contribution < 1.29 is 40.8 Å². The van der Waals surface area contributed by atoms with Crippen molar-refractivity contribution in [3.8, 4) is 0 Å². The molecule has 7 nitrogen and oxygen atoms in total. The molecule has 0 aliphatic carbocycles. The topological polar surface area (TPSA) is 110 Å². The Morgan fingerprint density at radius 2 is 1.67 bits per heavy atom. The molecule has 0 aliphatic rings. The smallest absolute Gasteiger partial charge is 0.428 e. The third-order valence-electron chi connectivity index (χ3n) is 1.58. The Morgan fingerprint density at radius 3 is 2.06 bits per heavy atom. The summed E-state index contributed by atoms with van der Waals surface area (Å²) in [5.74, 6) is -3.60. The van der Waals surface area contributed by atoms with Crippen LogP contribution in [0.15, 0.2) is 0 Å². The van der Waals surface area contributed by atoms with Crippen LogP contribution in [-0.2, 0) is 29.2 Å². The highest BCUT2D eigenvalue weighted by atomic mass is 32.2. The fourth-order valence-corrected chi connectivity index (χ4v) is 0.892. The van der Waals surface area contributed by atoms with Crippen LogP contribution >= 0.6 is 0 Å². The molecule has 0 aromatic heterocycles. The maximum absolute atomic E-state index is 12.6. The van der Waals surface area contributed by atoms with Crippen molar-refractivity contribution in [3.63, 3.8) is 0 Å². The van der Waals surface area contributed by atoms with Crippen molar-refractivity contribution in [1.29, 1.82) is 0 Å². The van der Waals surface area contributed by atoms with Crippen molar-refractivity contribution in [2.24, 2.45) is 5.92 Å². The van der Waals surface area contributed by atoms with Crippen molar-refractivity contribution in [1.82, 2.24) is 0 Å². The van der Waals surface area contributed by atoms with Gasteiger partial charge in [0, 0.05) is 0 Å². The molecule has 0 bridgehead atoms. The summed E-state index contributed by atoms with van der Waals surface area (Å²) in [6.07, 6.45) is 0. The van der Waals surface area contributed by atoms with Crippen LogP contribution in [0.4, 0.5) is 8.78 Å². The number of hydrogen-bond donors (Lipinski definition) is 0. The number of alkyl halides is 2. The molecule has 0 amide bonds. The Hall–Kier alpha value is -1.29. The third-order valence-corrected chi connectivity index (χ3v) is 2.38. The average molecular weight is 289 g/mol. The fourth-order valence-electron chi connectivity index (χ4n) is 0.629. The van der Waals surface area contributed by atoms with Crippen molar-refractivity contribution >= 4 is 22.1 Å². The lowest BCUT2D eigenvalue weighted by atomic mass is 10.2. The fraction of sp³-hybridized carbons (Fsp3) is 0.750. The van der Waals surface area contributed by atoms with Gasteiger partial charge in [-0.15, -0.1) is 0 Å². The van der Waals surface area contributed by atoms with E-state index in [0.717, 1.165) is 0 Å². The molecule has 0 radical (unpaired) electrons. The van der Waals surface area contributed by atoms with Gasteiger partial charge in [-0.25, -0.2) is 13.2 Å². The van der Waals surface area contributed by atoms with E-state index in [0.29, 0.717) is 0 Å². The minimum atomic E-state index is -6.13. The summed E-state index contributed by atoms with van der Waals surface area (Å²) < 4.78 is 63.5. The Labute approximate surface area is 102 Å². The molecule has 18 heavy (non-hydrogen) atoms. The van der Waals surface area contributed by atoms with Gasteiger partial charge in [0.15, 0.2) is 10.1 Å². The minimum absolute atomic E-state index is 0.454. The molecule has 0 heterocycles. The van der Waals surface area contributed by atoms with E-state index >= 15 is 0 Å². The zero-order chi connectivity index (χ0) is 14.6. The van der Waals surface area contributed by atoms with Crippen LogP contribution in [0.25, 0.3) is 0 Å². The second kappa shape index (κ2) is 6.05. The van der Waals surface area contributed by atoms with Gasteiger partial charge in [-0.1, -0.05) is 13.8 Å². The quantitative estimate of drug-likeness (QED) is 0.380. The minimum Gasteiger partial charge on any atom is -0.743 e. The van der Waals surface area contributed by atoms with Crippen LogP contribution in [0.1, 0.15) is 13.8 Å². The number of esters is 2. The number of rotatable bonds is 6. The van der Waals surface area contributed by atoms with Crippen LogP contribution in [-0.4, -0.2) is 43.4 Å². The number of carbonyl (C=O) groups is 2. The van der Waals surface area contributed by atoms with Gasteiger partial charge in [-0.3, -0.25) is 4.79 Å². The first kappa shape index (κ1) is 16.7. The molecule has 0 spiro atoms. The molecule has 0 aromatic carbocycles. The van der Waals surface area contributed by atoms with Crippen molar-refractivity contribution in [3.05, 3.63) is 0 Å². The lowest BCUT2D eigenvalue weighted by Crippen LogP contribution is -2.39. The summed E-state index contributed by atoms with van der Waals surface area (Å²) >= 11 is 0. The SMILES string of the molecule is CC(C)C(=O)OCCOC(=O)C(F)(F)S(=O)(=O)[O-]. The van der Waals surface area contributed by atoms with Crippen LogP contribution in [0.5, 0.6) is 0 Å². The Balaban J connectivity index is 4.18. The maximum atomic E-state index is 12.6. The normalized spacial score (nSPS) is 12.3. The predicted molar refractivity (Wildman–Crippen MR) is 51.4 cm³/mol. The van der Waals surface area contributed by atoms with Crippen LogP contribution in [0.2, 0.25) is 0 Å². The zero-order valence-electron chi connectivity index (χ0n) is 9.51. The first-order valence-corrected chi connectivity index (χ1v) is 6.08. The summed E-state index contributed by atoms with van der Waals surface area (Å²) in [5.41, 5.74) is 0. The lowest BCUT2D eigenvalue weighted by molar-refractivity contribution is -0.165. The summed E-state index contributed by atoms with van der Waals surface area (Å²) in [7, 11) is -6.13. The van der Waals surface area contributed by atoms with E-state index in [9.17, 15) is 31.3 Å². The van der Waals surface area contributed by atoms with Gasteiger partial charge < -0.3 is 14.0 Å². The zero-order valence-corrected chi connectivity index (χ0v) is 10.3. The Kier molecular flexibility index (Phi) is 5.61. The molecule has 0 atom stereocenters. The summed E-state index contributed by atoms with van der Waals surface area (Å²) in [5, 5.41) is -5.16. The summed E-state index contributed by atoms with van der Waals surface area (Å²) in [6, 6.07) is 0. The van der Waals surface area contributed by atoms with Gasteiger partial charge in [-0.2, -0.15) is 8.78 Å². The molecular formula is C8H11F2O7S-. The van der Waals surface area contributed by atoms with E-state index < -0.39 is 46.4 Å². The highest BCUT2D eigenvalue weighted by Gasteiger charge is 2.48. The molecule has 10 heteroatoms. The van der Waals surface area contributed by atoms with Gasteiger partial charge in [0.05, 0.1) is 5.92 Å². The Morgan fingerprint density at radius 1 is 1.22 bits per heavy atom. The van der Waals surface area contributed by atoms with E-state index in [1.807, 2.05) is 0 Å². The number of halogens is 2. The molecule has 0 rings (SSSR count). The first-order chi connectivity index (χ1) is 8.00. The average Bonchev–Trinajstić information content (AvgIpc) is 2.21. The van der Waals surface area contributed by atoms with E-state index in [1.54, 1.807) is 0 Å². The summed E-state index contributed by atoms with van der Waals surface area (Å²) in [4.78, 5) is 21.5. The number of ether oxygens (including phenoxy) is 2. The van der Waals surface area contributed by atoms with E-state index in [2.05, 4.69) is 9.47 Å². The standard InChI is InChI=1S/C8H12F2O7S/c1-5(2)6(11)16-3-4-17-7(12)8(9,10)18(13,14)15/h5H,3-4H2,1-2H3,(H,13,14,15)/p-1. The van der Waals surface area contributed by atoms with Gasteiger partial charge in [0.25, 0.3) is 0 Å². The molecule has 0 N–H and O–H groups in total. The molecule has 0 saturated heterocycles. The van der Waals surface area contributed by atoms with Gasteiger partial charge in [0.2, 0.25) is 0 Å². The van der Waals surface area contributed by atoms with Crippen LogP contribution < -0.4 is 0 Å². The van der Waals surface area contributed by atoms with Gasteiger partial charge in [-0.05, 0) is 0 Å². The predicted octanol–water partition coefficient (Wildman–Crippen LogP) is -0.133. The maximum Gasteiger partial charge on any atom is 0.428 e. The van der Waals surface area contributed by atoms with Gasteiger partial charge >= 0.3 is 17.2 Å². The first-order valence-electron chi connectivity index (χ1n) is 4.67. The molecular weight excluding hydrogens is 278 g/mol. The molecule has 0 fully saturated rings. The van der Waals surface area contributed by atoms with Gasteiger partial charge in [0.1, 0.15) is 13.2 Å². The van der Waals surface area contributed by atoms with Crippen LogP contribution in [0.3, 0.4) is 0 Å². The van der Waals surface area contributed by atoms with Crippen LogP contribution in [0, 0.1) is 5.92 Å². The third kappa shape index (κ3) is 4.53. The molecule has 106 valence electrons. The largest absolute Gasteiger partial charge is 0.743 e. The van der Waals surface area contributed by atoms with E-state index in [-0.39, 0.29) is 0 Å². The van der Waals surface area contributed by atoms with Crippen molar-refractivity contribution in [2.45, 2.75) is 19.1 Å². The Bertz CT molecular complexity index is 415. The molecule has 0 saturated carbocycles. The lowest BCUT2D eigenvalue weighted by Gasteiger charge is -2.18. The molecule has 0 aliphatic heterocycles. The second-order valence-corrected chi connectivity index (χ2v) is 4.85.